The third kappa shape index (κ3) is 1.59. The van der Waals surface area contributed by atoms with Crippen molar-refractivity contribution < 1.29 is 0 Å². The van der Waals surface area contributed by atoms with Crippen LogP contribution in [0.15, 0.2) is 9.59 Å². The highest BCUT2D eigenvalue weighted by molar-refractivity contribution is 5.58. The van der Waals surface area contributed by atoms with Gasteiger partial charge in [0.1, 0.15) is 0 Å². The highest BCUT2D eigenvalue weighted by Crippen LogP contribution is 2.16. The van der Waals surface area contributed by atoms with Gasteiger partial charge in [-0.2, -0.15) is 0 Å². The number of anilines is 1. The summed E-state index contributed by atoms with van der Waals surface area (Å²) in [7, 11) is 2.07. The van der Waals surface area contributed by atoms with Crippen LogP contribution in [0.4, 0.5) is 5.69 Å². The molecule has 2 rings (SSSR count). The van der Waals surface area contributed by atoms with Gasteiger partial charge in [0.25, 0.3) is 0 Å². The predicted octanol–water partition coefficient (Wildman–Crippen LogP) is -0.403. The molecule has 1 aromatic carbocycles. The van der Waals surface area contributed by atoms with Crippen LogP contribution in [0.5, 0.6) is 0 Å². The first-order valence-electron chi connectivity index (χ1n) is 5.40. The lowest BCUT2D eigenvalue weighted by molar-refractivity contribution is 0.312. The Kier molecular flexibility index (Phi) is 2.61. The zero-order chi connectivity index (χ0) is 11.0. The van der Waals surface area contributed by atoms with Gasteiger partial charge in [-0.3, -0.25) is 9.59 Å². The second-order valence-corrected chi connectivity index (χ2v) is 4.13. The predicted molar refractivity (Wildman–Crippen MR) is 60.4 cm³/mol. The first-order chi connectivity index (χ1) is 7.15. The Labute approximate surface area is 88.8 Å². The van der Waals surface area contributed by atoms with E-state index in [1.54, 1.807) is 0 Å². The zero-order valence-electron chi connectivity index (χ0n) is 9.25. The molecule has 1 aromatic rings. The molecule has 1 aliphatic rings. The van der Waals surface area contributed by atoms with E-state index in [0.29, 0.717) is 12.1 Å². The second-order valence-electron chi connectivity index (χ2n) is 4.13. The van der Waals surface area contributed by atoms with E-state index in [4.69, 9.17) is 0 Å². The summed E-state index contributed by atoms with van der Waals surface area (Å²) in [6.45, 7) is 5.56. The molecule has 0 unspecified atom stereocenters. The van der Waals surface area contributed by atoms with E-state index in [1.165, 1.54) is 0 Å². The standard InChI is InChI=1S/C11H16N2O2/c1-3-8-9(11(15)10(8)14)13-6-4-12(2)5-7-13/h3-7H2,1-2H3. The Morgan fingerprint density at radius 1 is 1.07 bits per heavy atom. The normalized spacial score (nSPS) is 18.7. The summed E-state index contributed by atoms with van der Waals surface area (Å²) < 4.78 is 0. The molecular formula is C11H16N2O2. The summed E-state index contributed by atoms with van der Waals surface area (Å²) in [5.41, 5.74) is 0.864. The van der Waals surface area contributed by atoms with Crippen molar-refractivity contribution in [2.24, 2.45) is 0 Å². The molecule has 0 radical (unpaired) electrons. The fourth-order valence-corrected chi connectivity index (χ4v) is 2.12. The number of piperazine rings is 1. The first-order valence-corrected chi connectivity index (χ1v) is 5.40. The lowest BCUT2D eigenvalue weighted by atomic mass is 10.0. The Morgan fingerprint density at radius 3 is 2.20 bits per heavy atom. The number of rotatable bonds is 2. The van der Waals surface area contributed by atoms with Crippen LogP contribution in [-0.4, -0.2) is 38.1 Å². The molecule has 4 nitrogen and oxygen atoms in total. The quantitative estimate of drug-likeness (QED) is 0.620. The smallest absolute Gasteiger partial charge is 0.249 e. The van der Waals surface area contributed by atoms with Crippen LogP contribution >= 0.6 is 0 Å². The minimum atomic E-state index is -0.281. The largest absolute Gasteiger partial charge is 0.365 e. The van der Waals surface area contributed by atoms with Crippen LogP contribution in [0.1, 0.15) is 12.5 Å². The average Bonchev–Trinajstić information content (AvgIpc) is 2.26. The number of hydrogen-bond acceptors (Lipinski definition) is 4. The van der Waals surface area contributed by atoms with Gasteiger partial charge in [0.05, 0.1) is 5.69 Å². The van der Waals surface area contributed by atoms with Crippen LogP contribution in [0, 0.1) is 0 Å². The Hall–Kier alpha value is -1.16. The monoisotopic (exact) mass is 208 g/mol. The molecule has 0 atom stereocenters. The molecule has 0 N–H and O–H groups in total. The summed E-state index contributed by atoms with van der Waals surface area (Å²) in [4.78, 5) is 27.0. The van der Waals surface area contributed by atoms with Crippen molar-refractivity contribution in [1.29, 1.82) is 0 Å². The summed E-state index contributed by atoms with van der Waals surface area (Å²) in [6, 6.07) is 0. The third-order valence-electron chi connectivity index (χ3n) is 3.15. The average molecular weight is 208 g/mol. The van der Waals surface area contributed by atoms with Crippen molar-refractivity contribution >= 4 is 5.69 Å². The highest BCUT2D eigenvalue weighted by Gasteiger charge is 2.26. The lowest BCUT2D eigenvalue weighted by Gasteiger charge is -2.35. The van der Waals surface area contributed by atoms with Gasteiger partial charge < -0.3 is 9.80 Å². The molecule has 4 heteroatoms. The van der Waals surface area contributed by atoms with Crippen molar-refractivity contribution in [2.45, 2.75) is 13.3 Å². The van der Waals surface area contributed by atoms with Gasteiger partial charge >= 0.3 is 0 Å². The van der Waals surface area contributed by atoms with Gasteiger partial charge in [-0.1, -0.05) is 6.92 Å². The van der Waals surface area contributed by atoms with Gasteiger partial charge in [-0.15, -0.1) is 0 Å². The Balaban J connectivity index is 2.20. The van der Waals surface area contributed by atoms with Crippen LogP contribution in [0.2, 0.25) is 0 Å². The molecule has 82 valence electrons. The van der Waals surface area contributed by atoms with E-state index >= 15 is 0 Å². The van der Waals surface area contributed by atoms with E-state index in [-0.39, 0.29) is 10.9 Å². The van der Waals surface area contributed by atoms with E-state index < -0.39 is 0 Å². The summed E-state index contributed by atoms with van der Waals surface area (Å²) >= 11 is 0. The molecule has 1 aliphatic heterocycles. The van der Waals surface area contributed by atoms with E-state index in [9.17, 15) is 9.59 Å². The molecular weight excluding hydrogens is 192 g/mol. The van der Waals surface area contributed by atoms with Gasteiger partial charge in [0, 0.05) is 31.7 Å². The maximum atomic E-state index is 11.4. The SMILES string of the molecule is CCc1c(N2CCN(C)CC2)c(=O)c1=O. The maximum Gasteiger partial charge on any atom is 0.249 e. The Bertz CT molecular complexity index is 424. The van der Waals surface area contributed by atoms with Gasteiger partial charge in [-0.25, -0.2) is 0 Å². The minimum absolute atomic E-state index is 0.272. The number of hydrogen-bond donors (Lipinski definition) is 0. The van der Waals surface area contributed by atoms with Gasteiger partial charge in [-0.05, 0) is 13.5 Å². The highest BCUT2D eigenvalue weighted by atomic mass is 16.2. The number of nitrogens with zero attached hydrogens (tertiary/aromatic N) is 2. The molecule has 0 amide bonds. The second kappa shape index (κ2) is 3.77. The fourth-order valence-electron chi connectivity index (χ4n) is 2.12. The Morgan fingerprint density at radius 2 is 1.67 bits per heavy atom. The summed E-state index contributed by atoms with van der Waals surface area (Å²) in [5, 5.41) is 0. The molecule has 0 aromatic heterocycles. The van der Waals surface area contributed by atoms with Crippen molar-refractivity contribution in [3.8, 4) is 0 Å². The topological polar surface area (TPSA) is 40.6 Å². The van der Waals surface area contributed by atoms with E-state index in [2.05, 4.69) is 16.8 Å². The molecule has 1 saturated heterocycles. The molecule has 15 heavy (non-hydrogen) atoms. The van der Waals surface area contributed by atoms with Crippen LogP contribution in [0.3, 0.4) is 0 Å². The fraction of sp³-hybridized carbons (Fsp3) is 0.636. The maximum absolute atomic E-state index is 11.4. The molecule has 0 spiro atoms. The molecule has 0 aliphatic carbocycles. The van der Waals surface area contributed by atoms with Crippen molar-refractivity contribution in [2.75, 3.05) is 38.1 Å². The zero-order valence-corrected chi connectivity index (χ0v) is 9.25. The van der Waals surface area contributed by atoms with E-state index in [1.807, 2.05) is 6.92 Å². The van der Waals surface area contributed by atoms with E-state index in [0.717, 1.165) is 31.7 Å². The van der Waals surface area contributed by atoms with Crippen molar-refractivity contribution in [1.82, 2.24) is 4.90 Å². The molecule has 0 saturated carbocycles. The van der Waals surface area contributed by atoms with Crippen LogP contribution < -0.4 is 15.8 Å². The van der Waals surface area contributed by atoms with Gasteiger partial charge in [0.15, 0.2) is 0 Å². The summed E-state index contributed by atoms with van der Waals surface area (Å²) in [6.07, 6.45) is 0.673. The summed E-state index contributed by atoms with van der Waals surface area (Å²) in [5.74, 6) is 0. The molecule has 1 heterocycles. The molecule has 0 bridgehead atoms. The lowest BCUT2D eigenvalue weighted by Crippen LogP contribution is -2.51. The first kappa shape index (κ1) is 10.4. The van der Waals surface area contributed by atoms with Crippen LogP contribution in [0.25, 0.3) is 0 Å². The number of likely N-dealkylation sites (N-methyl/N-ethyl adjacent to an activating group) is 1. The van der Waals surface area contributed by atoms with Crippen molar-refractivity contribution in [3.05, 3.63) is 26.0 Å². The minimum Gasteiger partial charge on any atom is -0.365 e. The third-order valence-corrected chi connectivity index (χ3v) is 3.15. The van der Waals surface area contributed by atoms with Crippen molar-refractivity contribution in [3.63, 3.8) is 0 Å². The van der Waals surface area contributed by atoms with Gasteiger partial charge in [0.2, 0.25) is 10.9 Å². The molecule has 1 fully saturated rings. The van der Waals surface area contributed by atoms with Crippen LogP contribution in [-0.2, 0) is 6.42 Å².